The fraction of sp³-hybridized carbons (Fsp3) is 0.200. The summed E-state index contributed by atoms with van der Waals surface area (Å²) in [7, 11) is 1.52. The third kappa shape index (κ3) is 3.16. The Labute approximate surface area is 124 Å². The summed E-state index contributed by atoms with van der Waals surface area (Å²) in [5.74, 6) is -1.26. The highest BCUT2D eigenvalue weighted by atomic mass is 79.9. The smallest absolute Gasteiger partial charge is 0.162 e. The molecule has 0 amide bonds. The van der Waals surface area contributed by atoms with Crippen molar-refractivity contribution < 1.29 is 18.6 Å². The predicted molar refractivity (Wildman–Crippen MR) is 75.7 cm³/mol. The van der Waals surface area contributed by atoms with Gasteiger partial charge in [0.25, 0.3) is 0 Å². The molecule has 0 bridgehead atoms. The van der Waals surface area contributed by atoms with Gasteiger partial charge in [0.2, 0.25) is 0 Å². The van der Waals surface area contributed by atoms with Gasteiger partial charge in [-0.2, -0.15) is 0 Å². The Morgan fingerprint density at radius 3 is 2.70 bits per heavy atom. The molecule has 1 unspecified atom stereocenters. The molecule has 1 N–H and O–H groups in total. The predicted octanol–water partition coefficient (Wildman–Crippen LogP) is 4.01. The normalized spacial score (nSPS) is 12.2. The molecule has 106 valence electrons. The number of ether oxygens (including phenoxy) is 1. The molecule has 0 radical (unpaired) electrons. The summed E-state index contributed by atoms with van der Waals surface area (Å²) in [5, 5.41) is 10.2. The number of methoxy groups -OCH3 is 1. The topological polar surface area (TPSA) is 29.5 Å². The van der Waals surface area contributed by atoms with Crippen LogP contribution in [-0.2, 0) is 6.42 Å². The van der Waals surface area contributed by atoms with E-state index in [0.29, 0.717) is 15.8 Å². The van der Waals surface area contributed by atoms with E-state index in [-0.39, 0.29) is 12.0 Å². The second-order valence-electron chi connectivity index (χ2n) is 4.32. The van der Waals surface area contributed by atoms with Gasteiger partial charge in [-0.25, -0.2) is 8.78 Å². The van der Waals surface area contributed by atoms with Gasteiger partial charge in [-0.15, -0.1) is 0 Å². The van der Waals surface area contributed by atoms with Crippen molar-refractivity contribution in [2.45, 2.75) is 12.5 Å². The fourth-order valence-electron chi connectivity index (χ4n) is 1.93. The molecule has 0 saturated heterocycles. The van der Waals surface area contributed by atoms with Crippen LogP contribution < -0.4 is 4.74 Å². The van der Waals surface area contributed by atoms with E-state index in [1.54, 1.807) is 18.2 Å². The van der Waals surface area contributed by atoms with Crippen LogP contribution in [-0.4, -0.2) is 12.2 Å². The molecule has 2 aromatic rings. The fourth-order valence-corrected chi connectivity index (χ4v) is 2.44. The molecule has 0 aromatic heterocycles. The molecular weight excluding hydrogens is 330 g/mol. The standard InChI is InChI=1S/C15H13BrF2O2/c1-20-10-5-6-12(16)11(8-10)14(19)7-9-3-2-4-13(17)15(9)18/h2-6,8,14,19H,7H2,1H3. The molecule has 2 aromatic carbocycles. The first-order valence-corrected chi connectivity index (χ1v) is 6.76. The molecule has 2 rings (SSSR count). The lowest BCUT2D eigenvalue weighted by Gasteiger charge is -2.15. The summed E-state index contributed by atoms with van der Waals surface area (Å²) in [4.78, 5) is 0. The van der Waals surface area contributed by atoms with E-state index in [0.717, 1.165) is 6.07 Å². The number of hydrogen-bond donors (Lipinski definition) is 1. The second-order valence-corrected chi connectivity index (χ2v) is 5.17. The van der Waals surface area contributed by atoms with Crippen LogP contribution >= 0.6 is 15.9 Å². The van der Waals surface area contributed by atoms with Gasteiger partial charge < -0.3 is 9.84 Å². The lowest BCUT2D eigenvalue weighted by molar-refractivity contribution is 0.175. The van der Waals surface area contributed by atoms with Crippen LogP contribution in [0.4, 0.5) is 8.78 Å². The van der Waals surface area contributed by atoms with Crippen molar-refractivity contribution in [2.75, 3.05) is 7.11 Å². The van der Waals surface area contributed by atoms with E-state index in [2.05, 4.69) is 15.9 Å². The first kappa shape index (κ1) is 14.9. The first-order valence-electron chi connectivity index (χ1n) is 5.97. The molecule has 0 heterocycles. The maximum Gasteiger partial charge on any atom is 0.162 e. The molecule has 1 atom stereocenters. The molecule has 0 saturated carbocycles. The molecule has 0 aliphatic carbocycles. The molecular formula is C15H13BrF2O2. The van der Waals surface area contributed by atoms with Crippen molar-refractivity contribution in [3.05, 3.63) is 63.6 Å². The average Bonchev–Trinajstić information content (AvgIpc) is 2.44. The van der Waals surface area contributed by atoms with Gasteiger partial charge in [-0.3, -0.25) is 0 Å². The van der Waals surface area contributed by atoms with Crippen molar-refractivity contribution in [2.24, 2.45) is 0 Å². The maximum absolute atomic E-state index is 13.6. The van der Waals surface area contributed by atoms with Gasteiger partial charge >= 0.3 is 0 Å². The summed E-state index contributed by atoms with van der Waals surface area (Å²) < 4.78 is 32.5. The Hall–Kier alpha value is -1.46. The number of hydrogen-bond acceptors (Lipinski definition) is 2. The largest absolute Gasteiger partial charge is 0.497 e. The van der Waals surface area contributed by atoms with Crippen molar-refractivity contribution in [3.63, 3.8) is 0 Å². The van der Waals surface area contributed by atoms with E-state index < -0.39 is 17.7 Å². The highest BCUT2D eigenvalue weighted by molar-refractivity contribution is 9.10. The highest BCUT2D eigenvalue weighted by Crippen LogP contribution is 2.30. The maximum atomic E-state index is 13.6. The van der Waals surface area contributed by atoms with Crippen molar-refractivity contribution in [1.82, 2.24) is 0 Å². The van der Waals surface area contributed by atoms with Gasteiger partial charge in [0.05, 0.1) is 13.2 Å². The Morgan fingerprint density at radius 2 is 2.00 bits per heavy atom. The summed E-state index contributed by atoms with van der Waals surface area (Å²) in [6.07, 6.45) is -0.981. The molecule has 0 fully saturated rings. The number of halogens is 3. The third-order valence-electron chi connectivity index (χ3n) is 3.01. The summed E-state index contributed by atoms with van der Waals surface area (Å²) in [6, 6.07) is 9.05. The zero-order valence-electron chi connectivity index (χ0n) is 10.7. The Morgan fingerprint density at radius 1 is 1.25 bits per heavy atom. The average molecular weight is 343 g/mol. The minimum atomic E-state index is -0.962. The Kier molecular flexibility index (Phi) is 4.73. The van der Waals surface area contributed by atoms with Crippen LogP contribution in [0.25, 0.3) is 0 Å². The van der Waals surface area contributed by atoms with Crippen LogP contribution in [0.15, 0.2) is 40.9 Å². The third-order valence-corrected chi connectivity index (χ3v) is 3.73. The van der Waals surface area contributed by atoms with E-state index in [9.17, 15) is 13.9 Å². The monoisotopic (exact) mass is 342 g/mol. The molecule has 20 heavy (non-hydrogen) atoms. The molecule has 0 aliphatic rings. The van der Waals surface area contributed by atoms with Crippen molar-refractivity contribution >= 4 is 15.9 Å². The molecule has 0 spiro atoms. The van der Waals surface area contributed by atoms with Gasteiger partial charge in [0.1, 0.15) is 5.75 Å². The van der Waals surface area contributed by atoms with Crippen LogP contribution in [0.3, 0.4) is 0 Å². The molecule has 2 nitrogen and oxygen atoms in total. The Balaban J connectivity index is 2.28. The van der Waals surface area contributed by atoms with Crippen LogP contribution in [0, 0.1) is 11.6 Å². The van der Waals surface area contributed by atoms with E-state index in [1.165, 1.54) is 19.2 Å². The first-order chi connectivity index (χ1) is 9.52. The summed E-state index contributed by atoms with van der Waals surface area (Å²) in [5.41, 5.74) is 0.695. The second kappa shape index (κ2) is 6.33. The SMILES string of the molecule is COc1ccc(Br)c(C(O)Cc2cccc(F)c2F)c1. The zero-order chi connectivity index (χ0) is 14.7. The zero-order valence-corrected chi connectivity index (χ0v) is 12.3. The summed E-state index contributed by atoms with van der Waals surface area (Å²) in [6.45, 7) is 0. The van der Waals surface area contributed by atoms with Gasteiger partial charge in [-0.05, 0) is 35.4 Å². The minimum absolute atomic E-state index is 0.0185. The number of aliphatic hydroxyl groups is 1. The van der Waals surface area contributed by atoms with Gasteiger partial charge in [0, 0.05) is 10.9 Å². The van der Waals surface area contributed by atoms with E-state index >= 15 is 0 Å². The number of aliphatic hydroxyl groups excluding tert-OH is 1. The van der Waals surface area contributed by atoms with Gasteiger partial charge in [0.15, 0.2) is 11.6 Å². The summed E-state index contributed by atoms with van der Waals surface area (Å²) >= 11 is 3.32. The lowest BCUT2D eigenvalue weighted by atomic mass is 10.0. The van der Waals surface area contributed by atoms with Crippen LogP contribution in [0.1, 0.15) is 17.2 Å². The number of benzene rings is 2. The van der Waals surface area contributed by atoms with E-state index in [1.807, 2.05) is 0 Å². The van der Waals surface area contributed by atoms with Crippen LogP contribution in [0.5, 0.6) is 5.75 Å². The lowest BCUT2D eigenvalue weighted by Crippen LogP contribution is -2.05. The van der Waals surface area contributed by atoms with Crippen molar-refractivity contribution in [1.29, 1.82) is 0 Å². The van der Waals surface area contributed by atoms with E-state index in [4.69, 9.17) is 4.74 Å². The van der Waals surface area contributed by atoms with Crippen molar-refractivity contribution in [3.8, 4) is 5.75 Å². The minimum Gasteiger partial charge on any atom is -0.497 e. The molecule has 0 aliphatic heterocycles. The molecule has 5 heteroatoms. The quantitative estimate of drug-likeness (QED) is 0.909. The number of rotatable bonds is 4. The van der Waals surface area contributed by atoms with Crippen LogP contribution in [0.2, 0.25) is 0 Å². The highest BCUT2D eigenvalue weighted by Gasteiger charge is 2.16. The van der Waals surface area contributed by atoms with Gasteiger partial charge in [-0.1, -0.05) is 28.1 Å². The Bertz CT molecular complexity index is 617.